The quantitative estimate of drug-likeness (QED) is 0.282. The van der Waals surface area contributed by atoms with Crippen molar-refractivity contribution in [3.05, 3.63) is 77.8 Å². The van der Waals surface area contributed by atoms with Crippen LogP contribution in [0.4, 0.5) is 11.5 Å². The van der Waals surface area contributed by atoms with Crippen molar-refractivity contribution in [1.82, 2.24) is 19.9 Å². The van der Waals surface area contributed by atoms with Crippen molar-refractivity contribution >= 4 is 49.8 Å². The molecule has 4 aromatic rings. The Labute approximate surface area is 231 Å². The van der Waals surface area contributed by atoms with E-state index in [1.807, 2.05) is 36.4 Å². The number of anilines is 2. The number of hydrogen-bond donors (Lipinski definition) is 1. The van der Waals surface area contributed by atoms with E-state index in [0.717, 1.165) is 11.9 Å². The number of ether oxygens (including phenoxy) is 2. The topological polar surface area (TPSA) is 124 Å². The zero-order valence-corrected chi connectivity index (χ0v) is 23.2. The summed E-state index contributed by atoms with van der Waals surface area (Å²) in [5, 5.41) is 4.33. The van der Waals surface area contributed by atoms with Crippen LogP contribution in [0.15, 0.2) is 67.1 Å². The van der Waals surface area contributed by atoms with Crippen molar-refractivity contribution in [2.24, 2.45) is 0 Å². The number of halogens is 1. The monoisotopic (exact) mass is 569 g/mol. The normalized spacial score (nSPS) is 12.1. The lowest BCUT2D eigenvalue weighted by Crippen LogP contribution is -2.38. The zero-order valence-electron chi connectivity index (χ0n) is 21.7. The molecule has 0 fully saturated rings. The number of sulfone groups is 1. The molecule has 204 valence electrons. The van der Waals surface area contributed by atoms with E-state index in [1.165, 1.54) is 11.2 Å². The van der Waals surface area contributed by atoms with E-state index in [4.69, 9.17) is 21.1 Å². The Morgan fingerprint density at radius 3 is 2.62 bits per heavy atom. The smallest absolute Gasteiger partial charge is 0.237 e. The molecule has 2 heterocycles. The number of nitrogens with zero attached hydrogens (tertiary/aromatic N) is 4. The minimum Gasteiger partial charge on any atom is -0.488 e. The van der Waals surface area contributed by atoms with Gasteiger partial charge < -0.3 is 19.7 Å². The predicted octanol–water partition coefficient (Wildman–Crippen LogP) is 4.27. The second-order valence-corrected chi connectivity index (χ2v) is 11.6. The Morgan fingerprint density at radius 2 is 1.90 bits per heavy atom. The van der Waals surface area contributed by atoms with Crippen LogP contribution in [0.1, 0.15) is 12.6 Å². The summed E-state index contributed by atoms with van der Waals surface area (Å²) >= 11 is 6.48. The second-order valence-electron chi connectivity index (χ2n) is 9.03. The minimum atomic E-state index is -3.43. The highest BCUT2D eigenvalue weighted by Crippen LogP contribution is 2.34. The number of fused-ring (bicyclic) bond motifs is 1. The summed E-state index contributed by atoms with van der Waals surface area (Å²) in [7, 11) is -1.88. The highest BCUT2D eigenvalue weighted by Gasteiger charge is 2.19. The molecule has 2 aromatic heterocycles. The molecule has 1 atom stereocenters. The van der Waals surface area contributed by atoms with Crippen LogP contribution in [-0.4, -0.2) is 65.9 Å². The van der Waals surface area contributed by atoms with Gasteiger partial charge in [-0.2, -0.15) is 0 Å². The predicted molar refractivity (Wildman–Crippen MR) is 150 cm³/mol. The first-order chi connectivity index (χ1) is 18.6. The summed E-state index contributed by atoms with van der Waals surface area (Å²) < 4.78 is 34.9. The molecule has 12 heteroatoms. The number of carbonyl (C=O) groups excluding carboxylic acids is 1. The molecule has 0 saturated carbocycles. The lowest BCUT2D eigenvalue weighted by molar-refractivity contribution is -0.128. The number of likely N-dealkylation sites (N-methyl/N-ethyl adjacent to an activating group) is 1. The molecule has 4 rings (SSSR count). The van der Waals surface area contributed by atoms with Crippen LogP contribution in [-0.2, 0) is 21.2 Å². The van der Waals surface area contributed by atoms with Gasteiger partial charge in [0.1, 0.15) is 42.1 Å². The summed E-state index contributed by atoms with van der Waals surface area (Å²) in [5.74, 6) is 0.478. The Morgan fingerprint density at radius 1 is 1.08 bits per heavy atom. The first kappa shape index (κ1) is 28.1. The van der Waals surface area contributed by atoms with Gasteiger partial charge >= 0.3 is 0 Å². The van der Waals surface area contributed by atoms with E-state index in [-0.39, 0.29) is 13.2 Å². The van der Waals surface area contributed by atoms with E-state index >= 15 is 0 Å². The molecule has 0 saturated heterocycles. The fourth-order valence-corrected chi connectivity index (χ4v) is 4.72. The van der Waals surface area contributed by atoms with Crippen LogP contribution < -0.4 is 14.8 Å². The van der Waals surface area contributed by atoms with Crippen LogP contribution in [0.5, 0.6) is 11.5 Å². The maximum absolute atomic E-state index is 12.2. The highest BCUT2D eigenvalue weighted by molar-refractivity contribution is 7.91. The molecule has 2 aromatic carbocycles. The molecule has 0 aliphatic heterocycles. The SMILES string of the molecule is C[C@@H](CN(C)C(=O)CS(C)(=O)=O)Oc1cccc2ncnc(Nc3ccc(OCc4ccccn4)c(Cl)c3)c12. The van der Waals surface area contributed by atoms with Crippen LogP contribution in [0.25, 0.3) is 10.9 Å². The Hall–Kier alpha value is -3.96. The Balaban J connectivity index is 1.50. The third kappa shape index (κ3) is 7.78. The standard InChI is InChI=1S/C27H28ClN5O5S/c1-18(14-33(2)25(34)16-39(3,35)36)38-24-9-6-8-22-26(24)27(31-17-30-22)32-19-10-11-23(21(28)13-19)37-15-20-7-4-5-12-29-20/h4-13,17-18H,14-16H2,1-3H3,(H,30,31,32)/t18-/m0/s1. The van der Waals surface area contributed by atoms with Crippen molar-refractivity contribution in [3.63, 3.8) is 0 Å². The first-order valence-electron chi connectivity index (χ1n) is 12.0. The minimum absolute atomic E-state index is 0.191. The summed E-state index contributed by atoms with van der Waals surface area (Å²) in [6.45, 7) is 2.28. The maximum Gasteiger partial charge on any atom is 0.237 e. The number of benzene rings is 2. The second kappa shape index (κ2) is 12.3. The van der Waals surface area contributed by atoms with E-state index in [0.29, 0.717) is 38.9 Å². The van der Waals surface area contributed by atoms with E-state index in [9.17, 15) is 13.2 Å². The third-order valence-corrected chi connectivity index (χ3v) is 6.66. The van der Waals surface area contributed by atoms with E-state index in [2.05, 4.69) is 20.3 Å². The van der Waals surface area contributed by atoms with E-state index in [1.54, 1.807) is 38.4 Å². The van der Waals surface area contributed by atoms with Crippen molar-refractivity contribution in [3.8, 4) is 11.5 Å². The number of aromatic nitrogens is 3. The maximum atomic E-state index is 12.2. The number of carbonyl (C=O) groups is 1. The number of pyridine rings is 1. The molecular weight excluding hydrogens is 542 g/mol. The molecule has 0 spiro atoms. The molecule has 10 nitrogen and oxygen atoms in total. The van der Waals surface area contributed by atoms with E-state index < -0.39 is 27.6 Å². The molecule has 0 bridgehead atoms. The van der Waals surface area contributed by atoms with Gasteiger partial charge in [0, 0.05) is 25.2 Å². The van der Waals surface area contributed by atoms with Gasteiger partial charge in [-0.05, 0) is 49.4 Å². The van der Waals surface area contributed by atoms with Gasteiger partial charge in [0.2, 0.25) is 5.91 Å². The number of nitrogens with one attached hydrogen (secondary N) is 1. The highest BCUT2D eigenvalue weighted by atomic mass is 35.5. The number of rotatable bonds is 11. The Kier molecular flexibility index (Phi) is 8.82. The van der Waals surface area contributed by atoms with Crippen molar-refractivity contribution < 1.29 is 22.7 Å². The molecule has 1 N–H and O–H groups in total. The lowest BCUT2D eigenvalue weighted by Gasteiger charge is -2.23. The van der Waals surface area contributed by atoms with Crippen LogP contribution in [0, 0.1) is 0 Å². The van der Waals surface area contributed by atoms with Crippen LogP contribution in [0.3, 0.4) is 0 Å². The van der Waals surface area contributed by atoms with Crippen LogP contribution >= 0.6 is 11.6 Å². The van der Waals surface area contributed by atoms with Gasteiger partial charge in [-0.3, -0.25) is 9.78 Å². The lowest BCUT2D eigenvalue weighted by atomic mass is 10.2. The van der Waals surface area contributed by atoms with Crippen molar-refractivity contribution in [2.75, 3.05) is 30.9 Å². The van der Waals surface area contributed by atoms with Gasteiger partial charge in [0.05, 0.1) is 28.2 Å². The molecule has 1 amide bonds. The fourth-order valence-electron chi connectivity index (χ4n) is 3.82. The molecule has 0 radical (unpaired) electrons. The third-order valence-electron chi connectivity index (χ3n) is 5.59. The average molecular weight is 570 g/mol. The molecular formula is C27H28ClN5O5S. The molecule has 0 aliphatic rings. The Bertz CT molecular complexity index is 1560. The largest absolute Gasteiger partial charge is 0.488 e. The molecule has 0 aliphatic carbocycles. The fraction of sp³-hybridized carbons (Fsp3) is 0.259. The first-order valence-corrected chi connectivity index (χ1v) is 14.4. The number of hydrogen-bond acceptors (Lipinski definition) is 9. The van der Waals surface area contributed by atoms with Gasteiger partial charge in [0.25, 0.3) is 0 Å². The number of amides is 1. The summed E-state index contributed by atoms with van der Waals surface area (Å²) in [6.07, 6.45) is 3.73. The summed E-state index contributed by atoms with van der Waals surface area (Å²) in [5.41, 5.74) is 2.12. The molecule has 39 heavy (non-hydrogen) atoms. The van der Waals surface area contributed by atoms with Crippen molar-refractivity contribution in [2.45, 2.75) is 19.6 Å². The van der Waals surface area contributed by atoms with Crippen molar-refractivity contribution in [1.29, 1.82) is 0 Å². The summed E-state index contributed by atoms with van der Waals surface area (Å²) in [6, 6.07) is 16.4. The van der Waals surface area contributed by atoms with Gasteiger partial charge in [-0.25, -0.2) is 18.4 Å². The van der Waals surface area contributed by atoms with Gasteiger partial charge in [-0.1, -0.05) is 23.7 Å². The zero-order chi connectivity index (χ0) is 28.0. The molecule has 0 unspecified atom stereocenters. The van der Waals surface area contributed by atoms with Crippen LogP contribution in [0.2, 0.25) is 5.02 Å². The summed E-state index contributed by atoms with van der Waals surface area (Å²) in [4.78, 5) is 26.6. The average Bonchev–Trinajstić information content (AvgIpc) is 2.88. The van der Waals surface area contributed by atoms with Gasteiger partial charge in [-0.15, -0.1) is 0 Å². The van der Waals surface area contributed by atoms with Gasteiger partial charge in [0.15, 0.2) is 9.84 Å².